The lowest BCUT2D eigenvalue weighted by atomic mass is 10.0. The highest BCUT2D eigenvalue weighted by atomic mass is 28.4. The molecule has 1 rings (SSSR count). The van der Waals surface area contributed by atoms with Gasteiger partial charge >= 0.3 is 8.80 Å². The van der Waals surface area contributed by atoms with Crippen molar-refractivity contribution in [3.8, 4) is 5.75 Å². The normalized spacial score (nSPS) is 13.2. The molecule has 0 saturated carbocycles. The van der Waals surface area contributed by atoms with Crippen molar-refractivity contribution in [1.82, 2.24) is 0 Å². The van der Waals surface area contributed by atoms with Gasteiger partial charge in [0.25, 0.3) is 0 Å². The predicted octanol–water partition coefficient (Wildman–Crippen LogP) is 4.71. The summed E-state index contributed by atoms with van der Waals surface area (Å²) in [5.74, 6) is 0.545. The minimum absolute atomic E-state index is 0.257. The molecule has 0 spiro atoms. The minimum Gasteiger partial charge on any atom is -0.508 e. The number of rotatable bonds is 12. The van der Waals surface area contributed by atoms with Crippen molar-refractivity contribution in [2.75, 3.05) is 19.8 Å². The monoisotopic (exact) mass is 340 g/mol. The Labute approximate surface area is 142 Å². The molecule has 1 aromatic carbocycles. The quantitative estimate of drug-likeness (QED) is 0.560. The van der Waals surface area contributed by atoms with E-state index in [1.165, 1.54) is 5.56 Å². The minimum atomic E-state index is -2.68. The third kappa shape index (κ3) is 7.04. The van der Waals surface area contributed by atoms with Crippen molar-refractivity contribution in [2.45, 2.75) is 58.9 Å². The van der Waals surface area contributed by atoms with E-state index < -0.39 is 8.80 Å². The van der Waals surface area contributed by atoms with Crippen molar-refractivity contribution < 1.29 is 18.4 Å². The molecule has 0 saturated heterocycles. The standard InChI is InChI=1S/C18H32O4Si/c1-5-12-20-23(21-13-6-2,22-14-7-3)15-16(4)17-8-10-18(19)11-9-17/h8-11,16,19H,5-7,12-15H2,1-4H3. The average Bonchev–Trinajstić information content (AvgIpc) is 2.56. The maximum atomic E-state index is 9.45. The Hall–Kier alpha value is -0.883. The van der Waals surface area contributed by atoms with Gasteiger partial charge in [-0.3, -0.25) is 0 Å². The van der Waals surface area contributed by atoms with Crippen LogP contribution in [-0.4, -0.2) is 33.7 Å². The van der Waals surface area contributed by atoms with Crippen LogP contribution in [0.15, 0.2) is 24.3 Å². The third-order valence-electron chi connectivity index (χ3n) is 3.60. The zero-order chi connectivity index (χ0) is 17.1. The van der Waals surface area contributed by atoms with Crippen LogP contribution in [0.1, 0.15) is 58.4 Å². The molecular weight excluding hydrogens is 308 g/mol. The fraction of sp³-hybridized carbons (Fsp3) is 0.667. The molecule has 0 aliphatic carbocycles. The highest BCUT2D eigenvalue weighted by Gasteiger charge is 2.42. The number of phenolic OH excluding ortho intramolecular Hbond substituents is 1. The van der Waals surface area contributed by atoms with Gasteiger partial charge in [0.2, 0.25) is 0 Å². The van der Waals surface area contributed by atoms with Gasteiger partial charge in [-0.15, -0.1) is 0 Å². The SMILES string of the molecule is CCCO[Si](CC(C)c1ccc(O)cc1)(OCCC)OCCC. The number of phenols is 1. The Kier molecular flexibility index (Phi) is 9.48. The summed E-state index contributed by atoms with van der Waals surface area (Å²) in [7, 11) is -2.68. The first-order valence-corrected chi connectivity index (χ1v) is 10.7. The van der Waals surface area contributed by atoms with Crippen molar-refractivity contribution >= 4 is 8.80 Å². The maximum Gasteiger partial charge on any atom is 0.501 e. The summed E-state index contributed by atoms with van der Waals surface area (Å²) < 4.78 is 18.4. The van der Waals surface area contributed by atoms with Gasteiger partial charge in [0.05, 0.1) is 0 Å². The average molecular weight is 341 g/mol. The van der Waals surface area contributed by atoms with E-state index in [0.717, 1.165) is 25.3 Å². The van der Waals surface area contributed by atoms with Crippen LogP contribution in [0, 0.1) is 0 Å². The van der Waals surface area contributed by atoms with Crippen molar-refractivity contribution in [1.29, 1.82) is 0 Å². The zero-order valence-corrected chi connectivity index (χ0v) is 16.0. The second-order valence-corrected chi connectivity index (χ2v) is 8.57. The molecule has 0 heterocycles. The molecule has 1 N–H and O–H groups in total. The van der Waals surface area contributed by atoms with Crippen LogP contribution in [0.5, 0.6) is 5.75 Å². The van der Waals surface area contributed by atoms with Crippen molar-refractivity contribution in [2.24, 2.45) is 0 Å². The molecule has 0 bridgehead atoms. The van der Waals surface area contributed by atoms with Crippen LogP contribution in [0.3, 0.4) is 0 Å². The molecule has 1 atom stereocenters. The van der Waals surface area contributed by atoms with E-state index in [9.17, 15) is 5.11 Å². The summed E-state index contributed by atoms with van der Waals surface area (Å²) in [6.45, 7) is 10.5. The van der Waals surface area contributed by atoms with Crippen LogP contribution in [0.25, 0.3) is 0 Å². The summed E-state index contributed by atoms with van der Waals surface area (Å²) in [6, 6.07) is 8.12. The molecular formula is C18H32O4Si. The second-order valence-electron chi connectivity index (χ2n) is 5.93. The van der Waals surface area contributed by atoms with Crippen LogP contribution in [-0.2, 0) is 13.3 Å². The summed E-state index contributed by atoms with van der Waals surface area (Å²) in [5.41, 5.74) is 1.17. The van der Waals surface area contributed by atoms with Gasteiger partial charge < -0.3 is 18.4 Å². The van der Waals surface area contributed by atoms with E-state index in [2.05, 4.69) is 27.7 Å². The topological polar surface area (TPSA) is 47.9 Å². The molecule has 0 radical (unpaired) electrons. The molecule has 1 unspecified atom stereocenters. The fourth-order valence-electron chi connectivity index (χ4n) is 2.37. The van der Waals surface area contributed by atoms with E-state index in [1.807, 2.05) is 12.1 Å². The lowest BCUT2D eigenvalue weighted by Crippen LogP contribution is -2.47. The van der Waals surface area contributed by atoms with Crippen molar-refractivity contribution in [3.05, 3.63) is 29.8 Å². The first-order valence-electron chi connectivity index (χ1n) is 8.77. The number of hydrogen-bond acceptors (Lipinski definition) is 4. The smallest absolute Gasteiger partial charge is 0.501 e. The molecule has 0 amide bonds. The van der Waals surface area contributed by atoms with Crippen LogP contribution >= 0.6 is 0 Å². The summed E-state index contributed by atoms with van der Waals surface area (Å²) in [6.07, 6.45) is 2.86. The Balaban J connectivity index is 2.87. The Morgan fingerprint density at radius 1 is 0.870 bits per heavy atom. The van der Waals surface area contributed by atoms with Crippen LogP contribution in [0.4, 0.5) is 0 Å². The molecule has 5 heteroatoms. The van der Waals surface area contributed by atoms with E-state index in [1.54, 1.807) is 12.1 Å². The van der Waals surface area contributed by atoms with Gasteiger partial charge in [-0.1, -0.05) is 39.8 Å². The Morgan fingerprint density at radius 2 is 1.30 bits per heavy atom. The van der Waals surface area contributed by atoms with Gasteiger partial charge in [-0.2, -0.15) is 0 Å². The van der Waals surface area contributed by atoms with Crippen LogP contribution in [0.2, 0.25) is 6.04 Å². The van der Waals surface area contributed by atoms with Gasteiger partial charge in [0.15, 0.2) is 0 Å². The Morgan fingerprint density at radius 3 is 1.70 bits per heavy atom. The molecule has 1 aromatic rings. The number of aromatic hydroxyl groups is 1. The highest BCUT2D eigenvalue weighted by Crippen LogP contribution is 2.30. The van der Waals surface area contributed by atoms with E-state index >= 15 is 0 Å². The molecule has 0 aliphatic rings. The largest absolute Gasteiger partial charge is 0.508 e. The molecule has 132 valence electrons. The number of hydrogen-bond donors (Lipinski definition) is 1. The summed E-state index contributed by atoms with van der Waals surface area (Å²) in [4.78, 5) is 0. The lowest BCUT2D eigenvalue weighted by molar-refractivity contribution is 0.0579. The summed E-state index contributed by atoms with van der Waals surface area (Å²) >= 11 is 0. The summed E-state index contributed by atoms with van der Waals surface area (Å²) in [5, 5.41) is 9.45. The van der Waals surface area contributed by atoms with Gasteiger partial charge in [-0.05, 0) is 42.9 Å². The molecule has 23 heavy (non-hydrogen) atoms. The Bertz CT molecular complexity index is 400. The van der Waals surface area contributed by atoms with E-state index in [4.69, 9.17) is 13.3 Å². The van der Waals surface area contributed by atoms with Crippen molar-refractivity contribution in [3.63, 3.8) is 0 Å². The molecule has 0 aromatic heterocycles. The predicted molar refractivity (Wildman–Crippen MR) is 95.8 cm³/mol. The third-order valence-corrected chi connectivity index (χ3v) is 6.64. The zero-order valence-electron chi connectivity index (χ0n) is 15.0. The van der Waals surface area contributed by atoms with Gasteiger partial charge in [-0.25, -0.2) is 0 Å². The second kappa shape index (κ2) is 10.8. The molecule has 4 nitrogen and oxygen atoms in total. The molecule has 0 aliphatic heterocycles. The lowest BCUT2D eigenvalue weighted by Gasteiger charge is -2.31. The fourth-order valence-corrected chi connectivity index (χ4v) is 5.50. The number of benzene rings is 1. The van der Waals surface area contributed by atoms with Gasteiger partial charge in [0, 0.05) is 25.9 Å². The highest BCUT2D eigenvalue weighted by molar-refractivity contribution is 6.60. The first-order chi connectivity index (χ1) is 11.1. The maximum absolute atomic E-state index is 9.45. The first kappa shape index (κ1) is 20.2. The van der Waals surface area contributed by atoms with E-state index in [0.29, 0.717) is 19.8 Å². The molecule has 0 fully saturated rings. The van der Waals surface area contributed by atoms with Gasteiger partial charge in [0.1, 0.15) is 5.75 Å². The van der Waals surface area contributed by atoms with Crippen LogP contribution < -0.4 is 0 Å². The van der Waals surface area contributed by atoms with E-state index in [-0.39, 0.29) is 11.7 Å².